The first-order valence-electron chi connectivity index (χ1n) is 4.81. The van der Waals surface area contributed by atoms with Crippen molar-refractivity contribution < 1.29 is 19.1 Å². The van der Waals surface area contributed by atoms with Crippen LogP contribution in [0.1, 0.15) is 20.8 Å². The third-order valence-corrected chi connectivity index (χ3v) is 2.61. The second kappa shape index (κ2) is 5.49. The van der Waals surface area contributed by atoms with E-state index in [0.717, 1.165) is 11.6 Å². The summed E-state index contributed by atoms with van der Waals surface area (Å²) in [6, 6.07) is 0. The van der Waals surface area contributed by atoms with Gasteiger partial charge in [-0.15, -0.1) is 0 Å². The number of methoxy groups -OCH3 is 2. The van der Waals surface area contributed by atoms with E-state index in [1.165, 1.54) is 14.2 Å². The predicted octanol–water partition coefficient (Wildman–Crippen LogP) is 1.86. The lowest BCUT2D eigenvalue weighted by molar-refractivity contribution is -0.139. The Morgan fingerprint density at radius 3 is 2.00 bits per heavy atom. The van der Waals surface area contributed by atoms with Crippen molar-refractivity contribution >= 4 is 11.9 Å². The summed E-state index contributed by atoms with van der Waals surface area (Å²) in [5.74, 6) is -1.15. The van der Waals surface area contributed by atoms with E-state index in [9.17, 15) is 9.59 Å². The molecule has 0 aliphatic heterocycles. The van der Waals surface area contributed by atoms with Crippen LogP contribution in [0.25, 0.3) is 0 Å². The average molecular weight is 226 g/mol. The molecule has 0 rings (SSSR count). The molecule has 0 N–H and O–H groups in total. The van der Waals surface area contributed by atoms with Gasteiger partial charge in [0.15, 0.2) is 0 Å². The molecule has 0 amide bonds. The largest absolute Gasteiger partial charge is 0.466 e. The van der Waals surface area contributed by atoms with E-state index in [1.54, 1.807) is 20.8 Å². The highest BCUT2D eigenvalue weighted by Crippen LogP contribution is 2.34. The average Bonchev–Trinajstić information content (AvgIpc) is 2.23. The standard InChI is InChI=1S/C12H18O4/c1-8(2)12(3,4)9(11(14)16-6)7-10(13)15-5/h7H,1H2,2-6H3/b9-7-. The van der Waals surface area contributed by atoms with Crippen molar-refractivity contribution in [2.24, 2.45) is 5.41 Å². The van der Waals surface area contributed by atoms with Gasteiger partial charge >= 0.3 is 11.9 Å². The van der Waals surface area contributed by atoms with Crippen molar-refractivity contribution in [1.82, 2.24) is 0 Å². The SMILES string of the molecule is C=C(C)C(C)(C)/C(=C\C(=O)OC)C(=O)OC. The Bertz CT molecular complexity index is 337. The van der Waals surface area contributed by atoms with Crippen LogP contribution >= 0.6 is 0 Å². The zero-order valence-corrected chi connectivity index (χ0v) is 10.4. The minimum absolute atomic E-state index is 0.231. The summed E-state index contributed by atoms with van der Waals surface area (Å²) in [6.45, 7) is 9.17. The van der Waals surface area contributed by atoms with Crippen LogP contribution in [0.2, 0.25) is 0 Å². The molecule has 4 heteroatoms. The van der Waals surface area contributed by atoms with E-state index in [2.05, 4.69) is 16.1 Å². The van der Waals surface area contributed by atoms with E-state index < -0.39 is 17.4 Å². The Morgan fingerprint density at radius 2 is 1.69 bits per heavy atom. The van der Waals surface area contributed by atoms with Gasteiger partial charge in [-0.25, -0.2) is 9.59 Å². The molecule has 0 aromatic rings. The second-order valence-corrected chi connectivity index (χ2v) is 3.98. The van der Waals surface area contributed by atoms with Gasteiger partial charge in [-0.1, -0.05) is 26.0 Å². The molecule has 0 aromatic carbocycles. The second-order valence-electron chi connectivity index (χ2n) is 3.98. The zero-order chi connectivity index (χ0) is 12.9. The van der Waals surface area contributed by atoms with E-state index in [4.69, 9.17) is 0 Å². The van der Waals surface area contributed by atoms with Crippen LogP contribution in [-0.2, 0) is 19.1 Å². The monoisotopic (exact) mass is 226 g/mol. The molecular formula is C12H18O4. The van der Waals surface area contributed by atoms with Crippen molar-refractivity contribution in [3.8, 4) is 0 Å². The molecule has 0 atom stereocenters. The normalized spacial score (nSPS) is 11.9. The molecule has 0 saturated heterocycles. The molecule has 0 aliphatic carbocycles. The molecule has 0 heterocycles. The first kappa shape index (κ1) is 14.4. The topological polar surface area (TPSA) is 52.6 Å². The molecule has 0 fully saturated rings. The molecule has 0 aromatic heterocycles. The van der Waals surface area contributed by atoms with Crippen LogP contribution in [0.3, 0.4) is 0 Å². The minimum Gasteiger partial charge on any atom is -0.466 e. The van der Waals surface area contributed by atoms with Crippen LogP contribution in [0.5, 0.6) is 0 Å². The summed E-state index contributed by atoms with van der Waals surface area (Å²) in [5.41, 5.74) is 0.351. The van der Waals surface area contributed by atoms with E-state index >= 15 is 0 Å². The van der Waals surface area contributed by atoms with Crippen molar-refractivity contribution in [2.75, 3.05) is 14.2 Å². The van der Waals surface area contributed by atoms with Gasteiger partial charge in [0.05, 0.1) is 19.8 Å². The van der Waals surface area contributed by atoms with Crippen LogP contribution in [0, 0.1) is 5.41 Å². The molecule has 16 heavy (non-hydrogen) atoms. The number of ether oxygens (including phenoxy) is 2. The fourth-order valence-electron chi connectivity index (χ4n) is 1.01. The molecule has 90 valence electrons. The maximum absolute atomic E-state index is 11.6. The molecule has 4 nitrogen and oxygen atoms in total. The molecule has 0 aliphatic rings. The Balaban J connectivity index is 5.43. The number of allylic oxidation sites excluding steroid dienone is 1. The van der Waals surface area contributed by atoms with Gasteiger partial charge in [0.2, 0.25) is 0 Å². The quantitative estimate of drug-likeness (QED) is 0.417. The summed E-state index contributed by atoms with van der Waals surface area (Å²) < 4.78 is 9.14. The van der Waals surface area contributed by atoms with E-state index in [0.29, 0.717) is 0 Å². The van der Waals surface area contributed by atoms with Gasteiger partial charge in [0.25, 0.3) is 0 Å². The van der Waals surface area contributed by atoms with Crippen LogP contribution in [0.15, 0.2) is 23.8 Å². The number of rotatable bonds is 4. The Morgan fingerprint density at radius 1 is 1.19 bits per heavy atom. The fourth-order valence-corrected chi connectivity index (χ4v) is 1.01. The third kappa shape index (κ3) is 3.22. The van der Waals surface area contributed by atoms with Gasteiger partial charge in [-0.3, -0.25) is 0 Å². The first-order chi connectivity index (χ1) is 7.27. The summed E-state index contributed by atoms with van der Waals surface area (Å²) >= 11 is 0. The van der Waals surface area contributed by atoms with E-state index in [-0.39, 0.29) is 5.57 Å². The van der Waals surface area contributed by atoms with Gasteiger partial charge < -0.3 is 9.47 Å². The zero-order valence-electron chi connectivity index (χ0n) is 10.4. The maximum Gasteiger partial charge on any atom is 0.334 e. The highest BCUT2D eigenvalue weighted by atomic mass is 16.5. The Hall–Kier alpha value is -1.58. The van der Waals surface area contributed by atoms with Gasteiger partial charge in [0.1, 0.15) is 0 Å². The molecule has 0 bridgehead atoms. The Kier molecular flexibility index (Phi) is 4.95. The molecule has 0 spiro atoms. The van der Waals surface area contributed by atoms with Gasteiger partial charge in [-0.05, 0) is 6.92 Å². The summed E-state index contributed by atoms with van der Waals surface area (Å²) in [4.78, 5) is 22.8. The fraction of sp³-hybridized carbons (Fsp3) is 0.500. The summed E-state index contributed by atoms with van der Waals surface area (Å²) in [5, 5.41) is 0. The highest BCUT2D eigenvalue weighted by Gasteiger charge is 2.31. The lowest BCUT2D eigenvalue weighted by atomic mass is 9.78. The number of carbonyl (C=O) groups excluding carboxylic acids is 2. The van der Waals surface area contributed by atoms with Crippen molar-refractivity contribution in [2.45, 2.75) is 20.8 Å². The number of carbonyl (C=O) groups is 2. The van der Waals surface area contributed by atoms with Crippen molar-refractivity contribution in [1.29, 1.82) is 0 Å². The van der Waals surface area contributed by atoms with Crippen molar-refractivity contribution in [3.63, 3.8) is 0 Å². The highest BCUT2D eigenvalue weighted by molar-refractivity contribution is 5.97. The number of hydrogen-bond donors (Lipinski definition) is 0. The minimum atomic E-state index is -0.638. The van der Waals surface area contributed by atoms with Gasteiger partial charge in [0, 0.05) is 11.5 Å². The predicted molar refractivity (Wildman–Crippen MR) is 60.7 cm³/mol. The maximum atomic E-state index is 11.6. The number of hydrogen-bond acceptors (Lipinski definition) is 4. The lowest BCUT2D eigenvalue weighted by Crippen LogP contribution is -2.24. The molecule has 0 saturated carbocycles. The molecular weight excluding hydrogens is 208 g/mol. The summed E-state index contributed by atoms with van der Waals surface area (Å²) in [7, 11) is 2.52. The summed E-state index contributed by atoms with van der Waals surface area (Å²) in [6.07, 6.45) is 1.14. The molecule has 0 radical (unpaired) electrons. The van der Waals surface area contributed by atoms with E-state index in [1.807, 2.05) is 0 Å². The lowest BCUT2D eigenvalue weighted by Gasteiger charge is -2.26. The smallest absolute Gasteiger partial charge is 0.334 e. The Labute approximate surface area is 95.9 Å². The molecule has 0 unspecified atom stereocenters. The van der Waals surface area contributed by atoms with Crippen LogP contribution < -0.4 is 0 Å². The first-order valence-corrected chi connectivity index (χ1v) is 4.81. The third-order valence-electron chi connectivity index (χ3n) is 2.61. The van der Waals surface area contributed by atoms with Crippen LogP contribution in [-0.4, -0.2) is 26.2 Å². The van der Waals surface area contributed by atoms with Gasteiger partial charge in [-0.2, -0.15) is 0 Å². The van der Waals surface area contributed by atoms with Crippen molar-refractivity contribution in [3.05, 3.63) is 23.8 Å². The van der Waals surface area contributed by atoms with Crippen LogP contribution in [0.4, 0.5) is 0 Å². The number of esters is 2.